The summed E-state index contributed by atoms with van der Waals surface area (Å²) in [7, 11) is 0. The number of carbonyl (C=O) groups excluding carboxylic acids is 1. The van der Waals surface area contributed by atoms with Crippen molar-refractivity contribution in [1.29, 1.82) is 0 Å². The lowest BCUT2D eigenvalue weighted by atomic mass is 9.72. The highest BCUT2D eigenvalue weighted by Gasteiger charge is 2.48. The molecule has 0 radical (unpaired) electrons. The zero-order valence-corrected chi connectivity index (χ0v) is 10.9. The number of benzene rings is 1. The van der Waals surface area contributed by atoms with Gasteiger partial charge < -0.3 is 10.5 Å². The summed E-state index contributed by atoms with van der Waals surface area (Å²) >= 11 is 0. The largest absolute Gasteiger partial charge is 0.378 e. The molecule has 0 spiro atoms. The fraction of sp³-hybridized carbons (Fsp3) is 0.500. The number of aryl methyl sites for hydroxylation is 2. The van der Waals surface area contributed by atoms with Crippen LogP contribution in [0.5, 0.6) is 0 Å². The second kappa shape index (κ2) is 3.84. The van der Waals surface area contributed by atoms with Crippen LogP contribution in [0.15, 0.2) is 6.07 Å². The molecule has 1 aromatic rings. The Labute approximate surface area is 102 Å². The van der Waals surface area contributed by atoms with Gasteiger partial charge in [-0.3, -0.25) is 4.79 Å². The molecule has 1 aliphatic rings. The SMILES string of the molecule is Cc1cc(C)c(C)c(C2(C(N)=O)COC2)c1C. The molecule has 1 heterocycles. The summed E-state index contributed by atoms with van der Waals surface area (Å²) in [6.07, 6.45) is 0. The second-order valence-electron chi connectivity index (χ2n) is 5.07. The van der Waals surface area contributed by atoms with Crippen LogP contribution in [-0.4, -0.2) is 19.1 Å². The molecule has 92 valence electrons. The van der Waals surface area contributed by atoms with Crippen molar-refractivity contribution in [1.82, 2.24) is 0 Å². The van der Waals surface area contributed by atoms with Crippen molar-refractivity contribution in [2.24, 2.45) is 5.73 Å². The van der Waals surface area contributed by atoms with Crippen LogP contribution < -0.4 is 5.73 Å². The van der Waals surface area contributed by atoms with Gasteiger partial charge in [0, 0.05) is 0 Å². The van der Waals surface area contributed by atoms with E-state index in [4.69, 9.17) is 10.5 Å². The molecule has 1 aliphatic heterocycles. The van der Waals surface area contributed by atoms with E-state index in [2.05, 4.69) is 33.8 Å². The molecule has 1 saturated heterocycles. The summed E-state index contributed by atoms with van der Waals surface area (Å²) in [5, 5.41) is 0. The maximum absolute atomic E-state index is 11.8. The molecule has 0 bridgehead atoms. The number of hydrogen-bond donors (Lipinski definition) is 1. The molecule has 3 nitrogen and oxygen atoms in total. The number of nitrogens with two attached hydrogens (primary N) is 1. The summed E-state index contributed by atoms with van der Waals surface area (Å²) in [6, 6.07) is 2.16. The zero-order valence-electron chi connectivity index (χ0n) is 10.9. The number of hydrogen-bond acceptors (Lipinski definition) is 2. The van der Waals surface area contributed by atoms with Crippen LogP contribution in [0, 0.1) is 27.7 Å². The Morgan fingerprint density at radius 2 is 1.65 bits per heavy atom. The summed E-state index contributed by atoms with van der Waals surface area (Å²) in [6.45, 7) is 9.07. The van der Waals surface area contributed by atoms with Gasteiger partial charge in [-0.15, -0.1) is 0 Å². The van der Waals surface area contributed by atoms with E-state index in [9.17, 15) is 4.79 Å². The van der Waals surface area contributed by atoms with Gasteiger partial charge in [-0.1, -0.05) is 6.07 Å². The molecule has 1 fully saturated rings. The molecular weight excluding hydrogens is 214 g/mol. The molecule has 0 saturated carbocycles. The average molecular weight is 233 g/mol. The standard InChI is InChI=1S/C14H19NO2/c1-8-5-9(2)11(4)12(10(8)3)14(13(15)16)6-17-7-14/h5H,6-7H2,1-4H3,(H2,15,16). The van der Waals surface area contributed by atoms with Gasteiger partial charge in [-0.2, -0.15) is 0 Å². The van der Waals surface area contributed by atoms with Gasteiger partial charge in [0.15, 0.2) is 0 Å². The van der Waals surface area contributed by atoms with Crippen molar-refractivity contribution in [2.45, 2.75) is 33.1 Å². The Balaban J connectivity index is 2.70. The Hall–Kier alpha value is -1.35. The summed E-state index contributed by atoms with van der Waals surface area (Å²) < 4.78 is 5.24. The van der Waals surface area contributed by atoms with Gasteiger partial charge in [0.05, 0.1) is 13.2 Å². The van der Waals surface area contributed by atoms with Gasteiger partial charge in [0.25, 0.3) is 0 Å². The monoisotopic (exact) mass is 233 g/mol. The van der Waals surface area contributed by atoms with E-state index in [1.807, 2.05) is 0 Å². The summed E-state index contributed by atoms with van der Waals surface area (Å²) in [5.41, 5.74) is 10.8. The van der Waals surface area contributed by atoms with E-state index < -0.39 is 5.41 Å². The number of rotatable bonds is 2. The number of ether oxygens (including phenoxy) is 1. The topological polar surface area (TPSA) is 52.3 Å². The quantitative estimate of drug-likeness (QED) is 0.844. The fourth-order valence-corrected chi connectivity index (χ4v) is 2.65. The highest BCUT2D eigenvalue weighted by Crippen LogP contribution is 2.38. The van der Waals surface area contributed by atoms with Crippen LogP contribution in [0.25, 0.3) is 0 Å². The predicted molar refractivity (Wildman–Crippen MR) is 67.1 cm³/mol. The maximum Gasteiger partial charge on any atom is 0.232 e. The van der Waals surface area contributed by atoms with Crippen molar-refractivity contribution in [3.8, 4) is 0 Å². The highest BCUT2D eigenvalue weighted by molar-refractivity contribution is 5.89. The first-order valence-corrected chi connectivity index (χ1v) is 5.85. The van der Waals surface area contributed by atoms with E-state index in [1.54, 1.807) is 0 Å². The van der Waals surface area contributed by atoms with E-state index in [-0.39, 0.29) is 5.91 Å². The van der Waals surface area contributed by atoms with Crippen molar-refractivity contribution in [2.75, 3.05) is 13.2 Å². The second-order valence-corrected chi connectivity index (χ2v) is 5.07. The molecule has 2 N–H and O–H groups in total. The van der Waals surface area contributed by atoms with Gasteiger partial charge in [-0.25, -0.2) is 0 Å². The van der Waals surface area contributed by atoms with Crippen LogP contribution in [0.1, 0.15) is 27.8 Å². The Morgan fingerprint density at radius 1 is 1.18 bits per heavy atom. The van der Waals surface area contributed by atoms with Crippen LogP contribution in [0.2, 0.25) is 0 Å². The minimum Gasteiger partial charge on any atom is -0.378 e. The first-order chi connectivity index (χ1) is 7.90. The van der Waals surface area contributed by atoms with E-state index in [1.165, 1.54) is 11.1 Å². The van der Waals surface area contributed by atoms with Crippen LogP contribution in [-0.2, 0) is 14.9 Å². The van der Waals surface area contributed by atoms with Gasteiger partial charge >= 0.3 is 0 Å². The third kappa shape index (κ3) is 1.57. The van der Waals surface area contributed by atoms with Crippen molar-refractivity contribution in [3.05, 3.63) is 33.9 Å². The lowest BCUT2D eigenvalue weighted by Gasteiger charge is -2.41. The van der Waals surface area contributed by atoms with Gasteiger partial charge in [-0.05, 0) is 55.5 Å². The fourth-order valence-electron chi connectivity index (χ4n) is 2.65. The lowest BCUT2D eigenvalue weighted by molar-refractivity contribution is -0.141. The normalized spacial score (nSPS) is 17.6. The van der Waals surface area contributed by atoms with Crippen molar-refractivity contribution >= 4 is 5.91 Å². The predicted octanol–water partition coefficient (Wildman–Crippen LogP) is 1.67. The minimum atomic E-state index is -0.606. The van der Waals surface area contributed by atoms with Crippen LogP contribution in [0.3, 0.4) is 0 Å². The van der Waals surface area contributed by atoms with Gasteiger partial charge in [0.1, 0.15) is 5.41 Å². The number of primary amides is 1. The number of amides is 1. The molecule has 0 atom stereocenters. The highest BCUT2D eigenvalue weighted by atomic mass is 16.5. The third-order valence-corrected chi connectivity index (χ3v) is 4.01. The molecule has 1 aromatic carbocycles. The third-order valence-electron chi connectivity index (χ3n) is 4.01. The van der Waals surface area contributed by atoms with Crippen LogP contribution >= 0.6 is 0 Å². The van der Waals surface area contributed by atoms with Crippen molar-refractivity contribution in [3.63, 3.8) is 0 Å². The number of carbonyl (C=O) groups is 1. The summed E-state index contributed by atoms with van der Waals surface area (Å²) in [5.74, 6) is -0.278. The molecule has 3 heteroatoms. The van der Waals surface area contributed by atoms with E-state index >= 15 is 0 Å². The average Bonchev–Trinajstić information content (AvgIpc) is 2.18. The molecule has 0 aliphatic carbocycles. The maximum atomic E-state index is 11.8. The zero-order chi connectivity index (χ0) is 12.8. The minimum absolute atomic E-state index is 0.278. The van der Waals surface area contributed by atoms with E-state index in [0.717, 1.165) is 16.7 Å². The first-order valence-electron chi connectivity index (χ1n) is 5.85. The Morgan fingerprint density at radius 3 is 1.94 bits per heavy atom. The molecular formula is C14H19NO2. The smallest absolute Gasteiger partial charge is 0.232 e. The lowest BCUT2D eigenvalue weighted by Crippen LogP contribution is -2.57. The first kappa shape index (κ1) is 12.1. The molecule has 1 amide bonds. The Kier molecular flexibility index (Phi) is 2.74. The van der Waals surface area contributed by atoms with Crippen molar-refractivity contribution < 1.29 is 9.53 Å². The van der Waals surface area contributed by atoms with Gasteiger partial charge in [0.2, 0.25) is 5.91 Å². The van der Waals surface area contributed by atoms with Crippen LogP contribution in [0.4, 0.5) is 0 Å². The molecule has 2 rings (SSSR count). The van der Waals surface area contributed by atoms with E-state index in [0.29, 0.717) is 13.2 Å². The molecule has 17 heavy (non-hydrogen) atoms. The molecule has 0 aromatic heterocycles. The Bertz CT molecular complexity index is 461. The molecule has 0 unspecified atom stereocenters. The summed E-state index contributed by atoms with van der Waals surface area (Å²) in [4.78, 5) is 11.8.